The van der Waals surface area contributed by atoms with E-state index < -0.39 is 22.5 Å². The van der Waals surface area contributed by atoms with E-state index in [2.05, 4.69) is 4.90 Å². The van der Waals surface area contributed by atoms with Crippen LogP contribution in [0.5, 0.6) is 0 Å². The molecule has 0 bridgehead atoms. The van der Waals surface area contributed by atoms with Gasteiger partial charge < -0.3 is 30.9 Å². The van der Waals surface area contributed by atoms with Crippen molar-refractivity contribution in [3.63, 3.8) is 0 Å². The number of piperidine rings is 1. The van der Waals surface area contributed by atoms with Crippen LogP contribution in [0.4, 0.5) is 10.5 Å². The molecule has 0 aromatic heterocycles. The van der Waals surface area contributed by atoms with Crippen LogP contribution >= 0.6 is 11.6 Å². The second-order valence-corrected chi connectivity index (χ2v) is 10.5. The number of quaternary nitrogens is 1. The number of hydrogen-bond donors (Lipinski definition) is 4. The Hall–Kier alpha value is -2.24. The van der Waals surface area contributed by atoms with Crippen LogP contribution in [0.2, 0.25) is 5.02 Å². The Kier molecular flexibility index (Phi) is 7.40. The molecule has 3 atom stereocenters. The maximum absolute atomic E-state index is 13.0. The molecule has 1 unspecified atom stereocenters. The number of carboxylic acid groups (broad SMARTS) is 1. The lowest BCUT2D eigenvalue weighted by atomic mass is 9.90. The van der Waals surface area contributed by atoms with Gasteiger partial charge in [0, 0.05) is 24.7 Å². The van der Waals surface area contributed by atoms with Crippen molar-refractivity contribution in [3.05, 3.63) is 28.8 Å². The molecule has 3 aliphatic rings. The first kappa shape index (κ1) is 25.8. The van der Waals surface area contributed by atoms with Crippen LogP contribution in [0.25, 0.3) is 0 Å². The van der Waals surface area contributed by atoms with Crippen LogP contribution in [0.3, 0.4) is 0 Å². The van der Waals surface area contributed by atoms with E-state index >= 15 is 0 Å². The first-order chi connectivity index (χ1) is 16.6. The van der Waals surface area contributed by atoms with E-state index in [4.69, 9.17) is 17.3 Å². The van der Waals surface area contributed by atoms with E-state index in [0.717, 1.165) is 25.8 Å². The molecule has 1 saturated carbocycles. The molecule has 2 heterocycles. The maximum atomic E-state index is 13.0. The van der Waals surface area contributed by atoms with Gasteiger partial charge in [-0.15, -0.1) is 0 Å². The zero-order valence-electron chi connectivity index (χ0n) is 19.7. The zero-order chi connectivity index (χ0) is 25.4. The molecule has 10 nitrogen and oxygen atoms in total. The van der Waals surface area contributed by atoms with E-state index in [-0.39, 0.29) is 66.4 Å². The number of halogens is 1. The van der Waals surface area contributed by atoms with Crippen LogP contribution in [-0.2, 0) is 4.79 Å². The monoisotopic (exact) mass is 509 g/mol. The van der Waals surface area contributed by atoms with Gasteiger partial charge in [-0.1, -0.05) is 11.6 Å². The minimum absolute atomic E-state index is 0.00114. The summed E-state index contributed by atoms with van der Waals surface area (Å²) in [4.78, 5) is 40.8. The Morgan fingerprint density at radius 1 is 1.23 bits per heavy atom. The Morgan fingerprint density at radius 3 is 2.54 bits per heavy atom. The molecule has 1 spiro atoms. The fourth-order valence-electron chi connectivity index (χ4n) is 5.57. The van der Waals surface area contributed by atoms with Gasteiger partial charge in [0.15, 0.2) is 5.69 Å². The van der Waals surface area contributed by atoms with Crippen LogP contribution in [0, 0.1) is 5.41 Å². The van der Waals surface area contributed by atoms with Gasteiger partial charge >= 0.3 is 6.09 Å². The van der Waals surface area contributed by atoms with Gasteiger partial charge in [0.25, 0.3) is 0 Å². The lowest BCUT2D eigenvalue weighted by Crippen LogP contribution is -2.56. The van der Waals surface area contributed by atoms with Crippen molar-refractivity contribution < 1.29 is 29.7 Å². The predicted molar refractivity (Wildman–Crippen MR) is 130 cm³/mol. The standard InChI is InChI=1S/C24H33ClN4O6/c25-18-13-16(22(26)33)1-2-19(18)29(23(34)35)11-4-21(32)28(10-12-29)17(15-30)3-8-27-9-7-24(5-6-24)20(31)14-27/h1-2,13,17,20,30-31H,3-12,14-15H2,(H2-,26,33,34,35)/p+1/t17-,20+,29?/m0/s1. The second-order valence-electron chi connectivity index (χ2n) is 10.1. The largest absolute Gasteiger partial charge is 0.518 e. The molecular formula is C24H34ClN4O6+. The third kappa shape index (κ3) is 5.03. The Balaban J connectivity index is 1.46. The summed E-state index contributed by atoms with van der Waals surface area (Å²) in [7, 11) is 0. The van der Waals surface area contributed by atoms with Crippen molar-refractivity contribution in [3.8, 4) is 0 Å². The Bertz CT molecular complexity index is 1000. The smallest absolute Gasteiger partial charge is 0.435 e. The number of aliphatic hydroxyl groups is 2. The molecule has 1 aliphatic carbocycles. The average Bonchev–Trinajstić information content (AvgIpc) is 3.62. The average molecular weight is 510 g/mol. The fraction of sp³-hybridized carbons (Fsp3) is 0.625. The highest BCUT2D eigenvalue weighted by Gasteiger charge is 2.51. The first-order valence-corrected chi connectivity index (χ1v) is 12.5. The van der Waals surface area contributed by atoms with Gasteiger partial charge in [0.05, 0.1) is 31.7 Å². The van der Waals surface area contributed by atoms with Crippen molar-refractivity contribution in [2.75, 3.05) is 45.9 Å². The number of β-amino-alcohol motifs (C(OH)–C–C–N with tert-alkyl or cyclic N) is 1. The molecule has 2 aliphatic heterocycles. The van der Waals surface area contributed by atoms with E-state index in [0.29, 0.717) is 19.5 Å². The van der Waals surface area contributed by atoms with Gasteiger partial charge in [0.1, 0.15) is 18.1 Å². The van der Waals surface area contributed by atoms with Crippen LogP contribution in [-0.4, -0.2) is 101 Å². The highest BCUT2D eigenvalue weighted by molar-refractivity contribution is 6.33. The highest BCUT2D eigenvalue weighted by Crippen LogP contribution is 2.53. The van der Waals surface area contributed by atoms with Crippen molar-refractivity contribution in [2.24, 2.45) is 11.1 Å². The second kappa shape index (κ2) is 10.0. The topological polar surface area (TPSA) is 144 Å². The fourth-order valence-corrected chi connectivity index (χ4v) is 5.92. The molecule has 4 rings (SSSR count). The zero-order valence-corrected chi connectivity index (χ0v) is 20.5. The number of rotatable bonds is 7. The molecule has 3 amide bonds. The summed E-state index contributed by atoms with van der Waals surface area (Å²) >= 11 is 6.38. The number of nitrogens with zero attached hydrogens (tertiary/aromatic N) is 3. The summed E-state index contributed by atoms with van der Waals surface area (Å²) < 4.78 is -0.557. The SMILES string of the molecule is NC(=O)c1ccc([N+]2(C(=O)O)CCC(=O)N([C@H](CO)CCN3CCC4(CC4)[C@H](O)C3)CC2)c(Cl)c1. The minimum Gasteiger partial charge on any atom is -0.435 e. The van der Waals surface area contributed by atoms with Crippen molar-refractivity contribution in [1.82, 2.24) is 14.3 Å². The molecule has 0 radical (unpaired) electrons. The molecular weight excluding hydrogens is 476 g/mol. The third-order valence-electron chi connectivity index (χ3n) is 8.20. The number of carbonyl (C=O) groups is 3. The van der Waals surface area contributed by atoms with Crippen molar-refractivity contribution >= 4 is 35.2 Å². The predicted octanol–water partition coefficient (Wildman–Crippen LogP) is 1.25. The Labute approximate surface area is 209 Å². The molecule has 3 fully saturated rings. The van der Waals surface area contributed by atoms with Crippen LogP contribution < -0.4 is 10.2 Å². The molecule has 5 N–H and O–H groups in total. The maximum Gasteiger partial charge on any atom is 0.518 e. The number of benzene rings is 1. The van der Waals surface area contributed by atoms with Gasteiger partial charge in [-0.05, 0) is 49.8 Å². The number of primary amides is 1. The van der Waals surface area contributed by atoms with Gasteiger partial charge in [0.2, 0.25) is 11.8 Å². The summed E-state index contributed by atoms with van der Waals surface area (Å²) in [6.45, 7) is 2.11. The first-order valence-electron chi connectivity index (χ1n) is 12.1. The summed E-state index contributed by atoms with van der Waals surface area (Å²) in [6, 6.07) is 3.82. The van der Waals surface area contributed by atoms with Crippen LogP contribution in [0.1, 0.15) is 42.5 Å². The van der Waals surface area contributed by atoms with E-state index in [9.17, 15) is 29.7 Å². The number of amides is 3. The van der Waals surface area contributed by atoms with Gasteiger partial charge in [-0.3, -0.25) is 9.59 Å². The van der Waals surface area contributed by atoms with E-state index in [1.807, 2.05) is 0 Å². The molecule has 35 heavy (non-hydrogen) atoms. The summed E-state index contributed by atoms with van der Waals surface area (Å²) in [5.74, 6) is -0.886. The third-order valence-corrected chi connectivity index (χ3v) is 8.50. The molecule has 2 saturated heterocycles. The summed E-state index contributed by atoms with van der Waals surface area (Å²) in [6.07, 6.45) is 2.16. The number of likely N-dealkylation sites (tertiary alicyclic amines) is 1. The van der Waals surface area contributed by atoms with Gasteiger partial charge in [-0.2, -0.15) is 9.28 Å². The molecule has 192 valence electrons. The minimum atomic E-state index is -1.15. The summed E-state index contributed by atoms with van der Waals surface area (Å²) in [5.41, 5.74) is 5.88. The van der Waals surface area contributed by atoms with Crippen LogP contribution in [0.15, 0.2) is 18.2 Å². The number of carbonyl (C=O) groups excluding carboxylic acids is 2. The quantitative estimate of drug-likeness (QED) is 0.405. The molecule has 11 heteroatoms. The lowest BCUT2D eigenvalue weighted by Gasteiger charge is -2.38. The number of hydrogen-bond acceptors (Lipinski definition) is 6. The highest BCUT2D eigenvalue weighted by atomic mass is 35.5. The summed E-state index contributed by atoms with van der Waals surface area (Å²) in [5, 5.41) is 30.8. The van der Waals surface area contributed by atoms with Crippen molar-refractivity contribution in [2.45, 2.75) is 44.2 Å². The van der Waals surface area contributed by atoms with Crippen molar-refractivity contribution in [1.29, 1.82) is 0 Å². The molecule has 1 aromatic carbocycles. The Morgan fingerprint density at radius 2 is 1.97 bits per heavy atom. The normalized spacial score (nSPS) is 27.5. The lowest BCUT2D eigenvalue weighted by molar-refractivity contribution is -0.133. The number of nitrogens with two attached hydrogens (primary N) is 1. The number of aliphatic hydroxyl groups excluding tert-OH is 2. The van der Waals surface area contributed by atoms with E-state index in [1.54, 1.807) is 4.90 Å². The van der Waals surface area contributed by atoms with E-state index in [1.165, 1.54) is 18.2 Å². The van der Waals surface area contributed by atoms with Gasteiger partial charge in [-0.25, -0.2) is 0 Å². The molecule has 1 aromatic rings.